The van der Waals surface area contributed by atoms with Gasteiger partial charge in [-0.2, -0.15) is 0 Å². The molecule has 0 aliphatic rings. The van der Waals surface area contributed by atoms with Crippen LogP contribution in [-0.2, 0) is 17.8 Å². The maximum atomic E-state index is 11.2. The second-order valence-corrected chi connectivity index (χ2v) is 7.87. The number of nitrogens with zero attached hydrogens (tertiary/aromatic N) is 2. The van der Waals surface area contributed by atoms with E-state index in [1.54, 1.807) is 0 Å². The van der Waals surface area contributed by atoms with Crippen LogP contribution in [0, 0.1) is 0 Å². The van der Waals surface area contributed by atoms with Crippen molar-refractivity contribution >= 4 is 28.5 Å². The number of imidazole rings is 1. The lowest BCUT2D eigenvalue weighted by atomic mass is 10.2. The summed E-state index contributed by atoms with van der Waals surface area (Å²) in [5.74, 6) is 1.76. The normalized spacial score (nSPS) is 10.9. The molecule has 6 heteroatoms. The van der Waals surface area contributed by atoms with Gasteiger partial charge in [-0.25, -0.2) is 4.98 Å². The molecule has 0 atom stereocenters. The predicted octanol–water partition coefficient (Wildman–Crippen LogP) is 5.56. The number of carbonyl (C=O) groups excluding carboxylic acids is 1. The smallest absolute Gasteiger partial charge is 0.243 e. The van der Waals surface area contributed by atoms with Gasteiger partial charge in [0.25, 0.3) is 0 Å². The molecule has 1 heterocycles. The van der Waals surface area contributed by atoms with Gasteiger partial charge in [0.05, 0.1) is 22.7 Å². The third-order valence-electron chi connectivity index (χ3n) is 5.17. The van der Waals surface area contributed by atoms with E-state index in [4.69, 9.17) is 21.3 Å². The van der Waals surface area contributed by atoms with E-state index in [9.17, 15) is 4.79 Å². The van der Waals surface area contributed by atoms with Crippen molar-refractivity contribution < 1.29 is 9.53 Å². The number of aryl methyl sites for hydroxylation is 2. The summed E-state index contributed by atoms with van der Waals surface area (Å²) in [5, 5.41) is 3.47. The van der Waals surface area contributed by atoms with E-state index < -0.39 is 0 Å². The van der Waals surface area contributed by atoms with Gasteiger partial charge in [-0.05, 0) is 56.0 Å². The van der Waals surface area contributed by atoms with Crippen molar-refractivity contribution in [3.63, 3.8) is 0 Å². The van der Waals surface area contributed by atoms with Crippen LogP contribution in [0.15, 0.2) is 61.2 Å². The van der Waals surface area contributed by atoms with E-state index in [0.29, 0.717) is 18.2 Å². The second kappa shape index (κ2) is 12.2. The zero-order valence-corrected chi connectivity index (χ0v) is 18.6. The number of carbonyl (C=O) groups is 1. The second-order valence-electron chi connectivity index (χ2n) is 7.46. The Hall–Kier alpha value is -2.79. The molecule has 1 N–H and O–H groups in total. The number of aromatic nitrogens is 2. The van der Waals surface area contributed by atoms with Crippen molar-refractivity contribution in [1.82, 2.24) is 14.9 Å². The first-order valence-electron chi connectivity index (χ1n) is 10.9. The summed E-state index contributed by atoms with van der Waals surface area (Å²) in [4.78, 5) is 16.1. The largest absolute Gasteiger partial charge is 0.492 e. The molecule has 2 aromatic carbocycles. The van der Waals surface area contributed by atoms with Crippen LogP contribution < -0.4 is 10.1 Å². The van der Waals surface area contributed by atoms with E-state index in [1.165, 1.54) is 11.6 Å². The van der Waals surface area contributed by atoms with Crippen LogP contribution in [0.3, 0.4) is 0 Å². The fraction of sp³-hybridized carbons (Fsp3) is 0.360. The first-order valence-corrected chi connectivity index (χ1v) is 11.3. The SMILES string of the molecule is C=CC(=O)NCCCCCc1nc2ccccc2n1CCCCOc1ccccc1Cl. The predicted molar refractivity (Wildman–Crippen MR) is 127 cm³/mol. The van der Waals surface area contributed by atoms with Gasteiger partial charge in [-0.3, -0.25) is 4.79 Å². The summed E-state index contributed by atoms with van der Waals surface area (Å²) in [7, 11) is 0. The van der Waals surface area contributed by atoms with E-state index in [-0.39, 0.29) is 5.91 Å². The van der Waals surface area contributed by atoms with Crippen LogP contribution >= 0.6 is 11.6 Å². The van der Waals surface area contributed by atoms with Crippen molar-refractivity contribution in [2.24, 2.45) is 0 Å². The molecule has 0 saturated carbocycles. The van der Waals surface area contributed by atoms with Gasteiger partial charge in [0.2, 0.25) is 5.91 Å². The van der Waals surface area contributed by atoms with E-state index >= 15 is 0 Å². The third-order valence-corrected chi connectivity index (χ3v) is 5.48. The average molecular weight is 440 g/mol. The number of hydrogen-bond donors (Lipinski definition) is 1. The van der Waals surface area contributed by atoms with Crippen LogP contribution in [-0.4, -0.2) is 28.6 Å². The molecule has 164 valence electrons. The number of fused-ring (bicyclic) bond motifs is 1. The van der Waals surface area contributed by atoms with Crippen molar-refractivity contribution in [1.29, 1.82) is 0 Å². The molecule has 0 unspecified atom stereocenters. The number of halogens is 1. The molecule has 0 spiro atoms. The maximum Gasteiger partial charge on any atom is 0.243 e. The Morgan fingerprint density at radius 3 is 2.71 bits per heavy atom. The Bertz CT molecular complexity index is 999. The van der Waals surface area contributed by atoms with E-state index in [2.05, 4.69) is 34.7 Å². The fourth-order valence-electron chi connectivity index (χ4n) is 3.55. The van der Waals surface area contributed by atoms with Crippen molar-refractivity contribution in [2.75, 3.05) is 13.2 Å². The van der Waals surface area contributed by atoms with Crippen LogP contribution in [0.2, 0.25) is 5.02 Å². The molecule has 31 heavy (non-hydrogen) atoms. The van der Waals surface area contributed by atoms with Crippen LogP contribution in [0.1, 0.15) is 37.9 Å². The monoisotopic (exact) mass is 439 g/mol. The zero-order chi connectivity index (χ0) is 21.9. The lowest BCUT2D eigenvalue weighted by Gasteiger charge is -2.11. The quantitative estimate of drug-likeness (QED) is 0.280. The van der Waals surface area contributed by atoms with Gasteiger partial charge in [0.1, 0.15) is 11.6 Å². The molecule has 0 aliphatic carbocycles. The summed E-state index contributed by atoms with van der Waals surface area (Å²) in [6.07, 6.45) is 7.24. The first-order chi connectivity index (χ1) is 15.2. The molecular formula is C25H30ClN3O2. The lowest BCUT2D eigenvalue weighted by molar-refractivity contribution is -0.116. The molecule has 3 rings (SSSR count). The molecule has 0 bridgehead atoms. The Balaban J connectivity index is 1.48. The molecule has 5 nitrogen and oxygen atoms in total. The summed E-state index contributed by atoms with van der Waals surface area (Å²) >= 11 is 6.15. The summed E-state index contributed by atoms with van der Waals surface area (Å²) < 4.78 is 8.15. The minimum absolute atomic E-state index is 0.111. The van der Waals surface area contributed by atoms with Gasteiger partial charge >= 0.3 is 0 Å². The van der Waals surface area contributed by atoms with Crippen molar-refractivity contribution in [2.45, 2.75) is 45.1 Å². The average Bonchev–Trinajstić information content (AvgIpc) is 3.14. The Kier molecular flexibility index (Phi) is 8.98. The molecule has 3 aromatic rings. The standard InChI is InChI=1S/C25H30ClN3O2/c1-2-25(30)27-17-9-3-4-16-24-28-21-13-6-7-14-22(21)29(24)18-10-11-19-31-23-15-8-5-12-20(23)26/h2,5-8,12-15H,1,3-4,9-11,16-19H2,(H,27,30). The minimum atomic E-state index is -0.111. The van der Waals surface area contributed by atoms with Crippen LogP contribution in [0.5, 0.6) is 5.75 Å². The number of benzene rings is 2. The Morgan fingerprint density at radius 1 is 1.06 bits per heavy atom. The van der Waals surface area contributed by atoms with Gasteiger partial charge < -0.3 is 14.6 Å². The van der Waals surface area contributed by atoms with Gasteiger partial charge in [-0.1, -0.05) is 48.9 Å². The molecule has 0 saturated heterocycles. The summed E-state index contributed by atoms with van der Waals surface area (Å²) in [6, 6.07) is 15.9. The fourth-order valence-corrected chi connectivity index (χ4v) is 3.74. The minimum Gasteiger partial charge on any atom is -0.492 e. The zero-order valence-electron chi connectivity index (χ0n) is 17.9. The molecular weight excluding hydrogens is 410 g/mol. The number of para-hydroxylation sites is 3. The number of nitrogens with one attached hydrogen (secondary N) is 1. The molecule has 1 aromatic heterocycles. The highest BCUT2D eigenvalue weighted by Gasteiger charge is 2.10. The first kappa shape index (κ1) is 22.9. The summed E-state index contributed by atoms with van der Waals surface area (Å²) in [6.45, 7) is 5.71. The number of unbranched alkanes of at least 4 members (excludes halogenated alkanes) is 3. The molecule has 0 fully saturated rings. The van der Waals surface area contributed by atoms with Crippen LogP contribution in [0.4, 0.5) is 0 Å². The number of ether oxygens (including phenoxy) is 1. The van der Waals surface area contributed by atoms with Crippen LogP contribution in [0.25, 0.3) is 11.0 Å². The number of rotatable bonds is 13. The molecule has 1 amide bonds. The molecule has 0 radical (unpaired) electrons. The van der Waals surface area contributed by atoms with Gasteiger partial charge in [-0.15, -0.1) is 0 Å². The molecule has 0 aliphatic heterocycles. The third kappa shape index (κ3) is 6.86. The maximum absolute atomic E-state index is 11.2. The Morgan fingerprint density at radius 2 is 1.87 bits per heavy atom. The number of hydrogen-bond acceptors (Lipinski definition) is 3. The van der Waals surface area contributed by atoms with Crippen molar-refractivity contribution in [3.8, 4) is 5.75 Å². The number of amides is 1. The van der Waals surface area contributed by atoms with E-state index in [1.807, 2.05) is 30.3 Å². The Labute approximate surface area is 189 Å². The highest BCUT2D eigenvalue weighted by Crippen LogP contribution is 2.23. The van der Waals surface area contributed by atoms with E-state index in [0.717, 1.165) is 62.2 Å². The highest BCUT2D eigenvalue weighted by molar-refractivity contribution is 6.32. The van der Waals surface area contributed by atoms with Gasteiger partial charge in [0, 0.05) is 19.5 Å². The lowest BCUT2D eigenvalue weighted by Crippen LogP contribution is -2.21. The van der Waals surface area contributed by atoms with Gasteiger partial charge in [0.15, 0.2) is 0 Å². The summed E-state index contributed by atoms with van der Waals surface area (Å²) in [5.41, 5.74) is 2.23. The highest BCUT2D eigenvalue weighted by atomic mass is 35.5. The topological polar surface area (TPSA) is 56.2 Å². The van der Waals surface area contributed by atoms with Crippen molar-refractivity contribution in [3.05, 3.63) is 72.0 Å².